The smallest absolute Gasteiger partial charge is 0.308 e. The molecule has 0 fully saturated rings. The molecule has 0 aromatic carbocycles. The van der Waals surface area contributed by atoms with Crippen LogP contribution in [0.5, 0.6) is 0 Å². The Morgan fingerprint density at radius 2 is 2.05 bits per heavy atom. The van der Waals surface area contributed by atoms with Crippen molar-refractivity contribution in [3.8, 4) is 0 Å². The number of aliphatic carboxylic acids is 1. The van der Waals surface area contributed by atoms with Gasteiger partial charge in [0.2, 0.25) is 5.91 Å². The number of amides is 2. The number of nitrogens with one attached hydrogen (secondary N) is 1. The van der Waals surface area contributed by atoms with Gasteiger partial charge in [0, 0.05) is 13.6 Å². The largest absolute Gasteiger partial charge is 0.481 e. The third-order valence-electron chi connectivity index (χ3n) is 3.10. The molecule has 7 heteroatoms. The second-order valence-electron chi connectivity index (χ2n) is 5.13. The maximum absolute atomic E-state index is 11.9. The van der Waals surface area contributed by atoms with Gasteiger partial charge in [-0.25, -0.2) is 0 Å². The van der Waals surface area contributed by atoms with Crippen molar-refractivity contribution in [2.24, 2.45) is 11.8 Å². The summed E-state index contributed by atoms with van der Waals surface area (Å²) >= 11 is 0. The highest BCUT2D eigenvalue weighted by atomic mass is 16.4. The molecule has 0 aliphatic heterocycles. The van der Waals surface area contributed by atoms with Crippen molar-refractivity contribution in [2.75, 3.05) is 20.1 Å². The molecule has 2 N–H and O–H groups in total. The molecule has 0 spiro atoms. The molecule has 0 aliphatic rings. The first-order valence-electron chi connectivity index (χ1n) is 6.61. The van der Waals surface area contributed by atoms with E-state index in [1.165, 1.54) is 24.3 Å². The van der Waals surface area contributed by atoms with Gasteiger partial charge in [-0.1, -0.05) is 13.8 Å². The van der Waals surface area contributed by atoms with Crippen molar-refractivity contribution in [1.29, 1.82) is 0 Å². The van der Waals surface area contributed by atoms with E-state index in [4.69, 9.17) is 9.52 Å². The lowest BCUT2D eigenvalue weighted by Crippen LogP contribution is -2.42. The highest BCUT2D eigenvalue weighted by Gasteiger charge is 2.23. The van der Waals surface area contributed by atoms with Gasteiger partial charge in [-0.05, 0) is 18.1 Å². The highest BCUT2D eigenvalue weighted by molar-refractivity contribution is 5.94. The normalized spacial score (nSPS) is 12.0. The van der Waals surface area contributed by atoms with Gasteiger partial charge in [0.1, 0.15) is 0 Å². The van der Waals surface area contributed by atoms with E-state index in [9.17, 15) is 14.4 Å². The summed E-state index contributed by atoms with van der Waals surface area (Å²) in [4.78, 5) is 35.8. The zero-order valence-electron chi connectivity index (χ0n) is 12.3. The van der Waals surface area contributed by atoms with E-state index in [0.29, 0.717) is 0 Å². The number of carboxylic acids is 1. The van der Waals surface area contributed by atoms with Gasteiger partial charge in [-0.3, -0.25) is 14.4 Å². The summed E-state index contributed by atoms with van der Waals surface area (Å²) in [5, 5.41) is 11.6. The van der Waals surface area contributed by atoms with Crippen LogP contribution in [0.15, 0.2) is 22.8 Å². The second-order valence-corrected chi connectivity index (χ2v) is 5.13. The number of furan rings is 1. The summed E-state index contributed by atoms with van der Waals surface area (Å²) in [7, 11) is 1.47. The summed E-state index contributed by atoms with van der Waals surface area (Å²) in [5.74, 6) is -2.37. The molecule has 0 bridgehead atoms. The van der Waals surface area contributed by atoms with Crippen molar-refractivity contribution in [3.63, 3.8) is 0 Å². The predicted octanol–water partition coefficient (Wildman–Crippen LogP) is 0.825. The molecule has 0 aliphatic carbocycles. The van der Waals surface area contributed by atoms with Crippen molar-refractivity contribution in [3.05, 3.63) is 24.2 Å². The Balaban J connectivity index is 2.46. The molecule has 1 unspecified atom stereocenters. The van der Waals surface area contributed by atoms with Gasteiger partial charge in [-0.2, -0.15) is 0 Å². The Morgan fingerprint density at radius 3 is 2.52 bits per heavy atom. The fraction of sp³-hybridized carbons (Fsp3) is 0.500. The topological polar surface area (TPSA) is 99.9 Å². The molecule has 2 amide bonds. The van der Waals surface area contributed by atoms with Crippen LogP contribution in [0.4, 0.5) is 0 Å². The Labute approximate surface area is 122 Å². The minimum Gasteiger partial charge on any atom is -0.481 e. The quantitative estimate of drug-likeness (QED) is 0.776. The number of rotatable bonds is 7. The lowest BCUT2D eigenvalue weighted by atomic mass is 9.96. The maximum atomic E-state index is 11.9. The van der Waals surface area contributed by atoms with Crippen LogP contribution in [0.25, 0.3) is 0 Å². The molecule has 0 saturated carbocycles. The highest BCUT2D eigenvalue weighted by Crippen LogP contribution is 2.09. The van der Waals surface area contributed by atoms with E-state index in [-0.39, 0.29) is 24.8 Å². The first-order chi connectivity index (χ1) is 9.82. The molecule has 116 valence electrons. The molecule has 1 atom stereocenters. The number of carboxylic acid groups (broad SMARTS) is 1. The summed E-state index contributed by atoms with van der Waals surface area (Å²) < 4.78 is 4.96. The van der Waals surface area contributed by atoms with Crippen LogP contribution in [-0.2, 0) is 9.59 Å². The Bertz CT molecular complexity index is 495. The van der Waals surface area contributed by atoms with Crippen LogP contribution >= 0.6 is 0 Å². The summed E-state index contributed by atoms with van der Waals surface area (Å²) in [6, 6.07) is 3.09. The standard InChI is InChI=1S/C14H20N2O5/c1-9(2)10(14(19)20)7-15-12(17)8-16(3)13(18)11-5-4-6-21-11/h4-6,9-10H,7-8H2,1-3H3,(H,15,17)(H,19,20). The maximum Gasteiger partial charge on any atom is 0.308 e. The Morgan fingerprint density at radius 1 is 1.38 bits per heavy atom. The molecule has 1 rings (SSSR count). The first-order valence-corrected chi connectivity index (χ1v) is 6.61. The zero-order valence-corrected chi connectivity index (χ0v) is 12.3. The van der Waals surface area contributed by atoms with E-state index in [1.807, 2.05) is 0 Å². The molecule has 0 radical (unpaired) electrons. The van der Waals surface area contributed by atoms with E-state index >= 15 is 0 Å². The van der Waals surface area contributed by atoms with Crippen LogP contribution in [0.1, 0.15) is 24.4 Å². The Kier molecular flexibility index (Phi) is 5.95. The van der Waals surface area contributed by atoms with Crippen LogP contribution in [0.3, 0.4) is 0 Å². The molecule has 1 heterocycles. The number of hydrogen-bond donors (Lipinski definition) is 2. The van der Waals surface area contributed by atoms with Crippen molar-refractivity contribution in [1.82, 2.24) is 10.2 Å². The minimum atomic E-state index is -0.953. The minimum absolute atomic E-state index is 0.0363. The number of nitrogens with zero attached hydrogens (tertiary/aromatic N) is 1. The molecule has 1 aromatic rings. The fourth-order valence-electron chi connectivity index (χ4n) is 1.76. The summed E-state index contributed by atoms with van der Waals surface area (Å²) in [6.07, 6.45) is 1.38. The van der Waals surface area contributed by atoms with Gasteiger partial charge in [0.25, 0.3) is 5.91 Å². The number of carbonyl (C=O) groups excluding carboxylic acids is 2. The van der Waals surface area contributed by atoms with E-state index in [2.05, 4.69) is 5.32 Å². The lowest BCUT2D eigenvalue weighted by Gasteiger charge is -2.19. The molecular weight excluding hydrogens is 276 g/mol. The van der Waals surface area contributed by atoms with E-state index in [1.54, 1.807) is 19.9 Å². The third-order valence-corrected chi connectivity index (χ3v) is 3.10. The molecule has 21 heavy (non-hydrogen) atoms. The molecule has 1 aromatic heterocycles. The zero-order chi connectivity index (χ0) is 16.0. The van der Waals surface area contributed by atoms with Gasteiger partial charge in [0.05, 0.1) is 18.7 Å². The second kappa shape index (κ2) is 7.47. The Hall–Kier alpha value is -2.31. The van der Waals surface area contributed by atoms with Crippen molar-refractivity contribution in [2.45, 2.75) is 13.8 Å². The summed E-state index contributed by atoms with van der Waals surface area (Å²) in [5.41, 5.74) is 0. The number of carbonyl (C=O) groups is 3. The van der Waals surface area contributed by atoms with E-state index < -0.39 is 23.7 Å². The van der Waals surface area contributed by atoms with Crippen LogP contribution in [0.2, 0.25) is 0 Å². The van der Waals surface area contributed by atoms with Crippen LogP contribution in [-0.4, -0.2) is 47.9 Å². The van der Waals surface area contributed by atoms with E-state index in [0.717, 1.165) is 0 Å². The van der Waals surface area contributed by atoms with Crippen molar-refractivity contribution < 1.29 is 23.9 Å². The number of likely N-dealkylation sites (N-methyl/N-ethyl adjacent to an activating group) is 1. The average Bonchev–Trinajstić information content (AvgIpc) is 2.90. The van der Waals surface area contributed by atoms with Crippen LogP contribution < -0.4 is 5.32 Å². The van der Waals surface area contributed by atoms with Crippen LogP contribution in [0, 0.1) is 11.8 Å². The summed E-state index contributed by atoms with van der Waals surface area (Å²) in [6.45, 7) is 3.42. The SMILES string of the molecule is CC(C)C(CNC(=O)CN(C)C(=O)c1ccco1)C(=O)O. The predicted molar refractivity (Wildman–Crippen MR) is 74.6 cm³/mol. The molecule has 0 saturated heterocycles. The fourth-order valence-corrected chi connectivity index (χ4v) is 1.76. The van der Waals surface area contributed by atoms with Gasteiger partial charge < -0.3 is 19.7 Å². The lowest BCUT2D eigenvalue weighted by molar-refractivity contribution is -0.143. The number of hydrogen-bond acceptors (Lipinski definition) is 4. The van der Waals surface area contributed by atoms with Gasteiger partial charge in [0.15, 0.2) is 5.76 Å². The molecular formula is C14H20N2O5. The van der Waals surface area contributed by atoms with Gasteiger partial charge in [-0.15, -0.1) is 0 Å². The van der Waals surface area contributed by atoms with Gasteiger partial charge >= 0.3 is 5.97 Å². The monoisotopic (exact) mass is 296 g/mol. The third kappa shape index (κ3) is 4.94. The average molecular weight is 296 g/mol. The molecule has 7 nitrogen and oxygen atoms in total. The van der Waals surface area contributed by atoms with Crippen molar-refractivity contribution >= 4 is 17.8 Å². The first kappa shape index (κ1) is 16.7.